The van der Waals surface area contributed by atoms with Crippen LogP contribution >= 0.6 is 0 Å². The minimum absolute atomic E-state index is 0.237. The summed E-state index contributed by atoms with van der Waals surface area (Å²) in [6.07, 6.45) is 5.18. The van der Waals surface area contributed by atoms with Gasteiger partial charge in [-0.15, -0.1) is 0 Å². The van der Waals surface area contributed by atoms with Gasteiger partial charge in [-0.2, -0.15) is 0 Å². The van der Waals surface area contributed by atoms with Crippen LogP contribution in [0.15, 0.2) is 84.1 Å². The van der Waals surface area contributed by atoms with E-state index in [-0.39, 0.29) is 4.90 Å². The largest absolute Gasteiger partial charge is 0.351 e. The molecule has 0 radical (unpaired) electrons. The van der Waals surface area contributed by atoms with Gasteiger partial charge in [-0.3, -0.25) is 9.71 Å². The predicted octanol–water partition coefficient (Wildman–Crippen LogP) is 3.77. The van der Waals surface area contributed by atoms with E-state index < -0.39 is 10.0 Å². The number of nitrogens with one attached hydrogen (secondary N) is 1. The molecule has 0 fully saturated rings. The Kier molecular flexibility index (Phi) is 4.60. The molecule has 0 spiro atoms. The molecule has 0 aliphatic carbocycles. The topological polar surface area (TPSA) is 64.0 Å². The Bertz CT molecular complexity index is 1310. The van der Waals surface area contributed by atoms with E-state index in [9.17, 15) is 8.42 Å². The highest BCUT2D eigenvalue weighted by Gasteiger charge is 2.19. The van der Waals surface area contributed by atoms with Crippen molar-refractivity contribution in [2.75, 3.05) is 4.72 Å². The molecule has 0 bridgehead atoms. The van der Waals surface area contributed by atoms with Gasteiger partial charge in [0.1, 0.15) is 0 Å². The molecule has 6 heteroatoms. The van der Waals surface area contributed by atoms with Gasteiger partial charge in [-0.25, -0.2) is 8.42 Å². The Labute approximate surface area is 163 Å². The number of aryl methyl sites for hydroxylation is 1. The van der Waals surface area contributed by atoms with Crippen LogP contribution in [0.3, 0.4) is 0 Å². The summed E-state index contributed by atoms with van der Waals surface area (Å²) in [4.78, 5) is 4.27. The van der Waals surface area contributed by atoms with Crippen molar-refractivity contribution in [3.63, 3.8) is 0 Å². The van der Waals surface area contributed by atoms with Gasteiger partial charge in [0, 0.05) is 47.7 Å². The number of benzene rings is 2. The second-order valence-corrected chi connectivity index (χ2v) is 7.91. The van der Waals surface area contributed by atoms with E-state index in [1.165, 1.54) is 0 Å². The lowest BCUT2D eigenvalue weighted by molar-refractivity contribution is 0.602. The van der Waals surface area contributed by atoms with Crippen LogP contribution in [0.25, 0.3) is 10.9 Å². The third kappa shape index (κ3) is 3.48. The fourth-order valence-corrected chi connectivity index (χ4v) is 4.26. The molecule has 0 aliphatic heterocycles. The number of hydrogen-bond donors (Lipinski definition) is 1. The second kappa shape index (κ2) is 7.22. The monoisotopic (exact) mass is 387 g/mol. The number of aromatic nitrogens is 2. The van der Waals surface area contributed by atoms with Crippen LogP contribution in [-0.2, 0) is 17.1 Å². The summed E-state index contributed by atoms with van der Waals surface area (Å²) in [6, 6.07) is 17.8. The van der Waals surface area contributed by atoms with E-state index in [0.717, 1.165) is 11.1 Å². The second-order valence-electron chi connectivity index (χ2n) is 6.26. The van der Waals surface area contributed by atoms with E-state index in [2.05, 4.69) is 21.5 Å². The maximum Gasteiger partial charge on any atom is 0.262 e. The maximum absolute atomic E-state index is 13.1. The third-order valence-corrected chi connectivity index (χ3v) is 5.78. The molecule has 0 amide bonds. The molecule has 0 saturated heterocycles. The van der Waals surface area contributed by atoms with Crippen LogP contribution in [0, 0.1) is 11.8 Å². The van der Waals surface area contributed by atoms with E-state index in [1.807, 2.05) is 36.0 Å². The summed E-state index contributed by atoms with van der Waals surface area (Å²) in [5, 5.41) is 0.677. The Morgan fingerprint density at radius 2 is 1.82 bits per heavy atom. The van der Waals surface area contributed by atoms with Crippen LogP contribution in [-0.4, -0.2) is 18.0 Å². The highest BCUT2D eigenvalue weighted by molar-refractivity contribution is 7.93. The molecule has 5 nitrogen and oxygen atoms in total. The molecule has 0 unspecified atom stereocenters. The van der Waals surface area contributed by atoms with Gasteiger partial charge < -0.3 is 4.57 Å². The van der Waals surface area contributed by atoms with Gasteiger partial charge >= 0.3 is 0 Å². The zero-order valence-electron chi connectivity index (χ0n) is 15.1. The van der Waals surface area contributed by atoms with Crippen LogP contribution < -0.4 is 4.72 Å². The molecule has 2 heterocycles. The summed E-state index contributed by atoms with van der Waals surface area (Å²) >= 11 is 0. The summed E-state index contributed by atoms with van der Waals surface area (Å²) in [5.74, 6) is 6.03. The average Bonchev–Trinajstić information content (AvgIpc) is 3.09. The predicted molar refractivity (Wildman–Crippen MR) is 110 cm³/mol. The molecular formula is C22H17N3O2S. The number of pyridine rings is 1. The highest BCUT2D eigenvalue weighted by atomic mass is 32.2. The SMILES string of the molecule is Cn1ccc2c(S(=O)(=O)Nc3ccccc3C#Cc3cccnc3)cccc21. The van der Waals surface area contributed by atoms with Gasteiger partial charge in [0.2, 0.25) is 0 Å². The van der Waals surface area contributed by atoms with Crippen molar-refractivity contribution in [2.24, 2.45) is 7.05 Å². The first-order valence-electron chi connectivity index (χ1n) is 8.62. The van der Waals surface area contributed by atoms with Crippen molar-refractivity contribution < 1.29 is 8.42 Å². The number of hydrogen-bond acceptors (Lipinski definition) is 3. The van der Waals surface area contributed by atoms with Crippen molar-refractivity contribution >= 4 is 26.6 Å². The maximum atomic E-state index is 13.1. The van der Waals surface area contributed by atoms with E-state index in [4.69, 9.17) is 0 Å². The van der Waals surface area contributed by atoms with Crippen LogP contribution in [0.2, 0.25) is 0 Å². The van der Waals surface area contributed by atoms with Crippen molar-refractivity contribution in [3.8, 4) is 11.8 Å². The number of rotatable bonds is 3. The van der Waals surface area contributed by atoms with Gasteiger partial charge in [-0.05, 0) is 42.5 Å². The number of fused-ring (bicyclic) bond motifs is 1. The first-order chi connectivity index (χ1) is 13.5. The van der Waals surface area contributed by atoms with Gasteiger partial charge in [0.05, 0.1) is 10.6 Å². The number of anilines is 1. The molecule has 0 aliphatic rings. The molecule has 2 aromatic heterocycles. The minimum Gasteiger partial charge on any atom is -0.351 e. The van der Waals surface area contributed by atoms with Crippen LogP contribution in [0.5, 0.6) is 0 Å². The highest BCUT2D eigenvalue weighted by Crippen LogP contribution is 2.26. The van der Waals surface area contributed by atoms with E-state index >= 15 is 0 Å². The molecule has 4 aromatic rings. The summed E-state index contributed by atoms with van der Waals surface area (Å²) < 4.78 is 30.7. The Hall–Kier alpha value is -3.56. The molecule has 2 aromatic carbocycles. The average molecular weight is 387 g/mol. The Morgan fingerprint density at radius 1 is 0.964 bits per heavy atom. The zero-order valence-corrected chi connectivity index (χ0v) is 15.9. The zero-order chi connectivity index (χ0) is 19.6. The Balaban J connectivity index is 1.72. The molecule has 1 N–H and O–H groups in total. The fourth-order valence-electron chi connectivity index (χ4n) is 2.97. The molecule has 0 saturated carbocycles. The smallest absolute Gasteiger partial charge is 0.262 e. The normalized spacial score (nSPS) is 11.0. The summed E-state index contributed by atoms with van der Waals surface area (Å²) in [7, 11) is -1.89. The minimum atomic E-state index is -3.78. The van der Waals surface area contributed by atoms with Gasteiger partial charge in [-0.1, -0.05) is 30.0 Å². The van der Waals surface area contributed by atoms with E-state index in [0.29, 0.717) is 16.6 Å². The lowest BCUT2D eigenvalue weighted by Crippen LogP contribution is -2.14. The van der Waals surface area contributed by atoms with E-state index in [1.54, 1.807) is 54.9 Å². The molecule has 0 atom stereocenters. The van der Waals surface area contributed by atoms with Gasteiger partial charge in [0.25, 0.3) is 10.0 Å². The van der Waals surface area contributed by atoms with Crippen LogP contribution in [0.4, 0.5) is 5.69 Å². The van der Waals surface area contributed by atoms with Crippen molar-refractivity contribution in [1.29, 1.82) is 0 Å². The number of nitrogens with zero attached hydrogens (tertiary/aromatic N) is 2. The van der Waals surface area contributed by atoms with Crippen molar-refractivity contribution in [2.45, 2.75) is 4.90 Å². The number of para-hydroxylation sites is 1. The summed E-state index contributed by atoms with van der Waals surface area (Å²) in [6.45, 7) is 0. The van der Waals surface area contributed by atoms with Crippen molar-refractivity contribution in [1.82, 2.24) is 9.55 Å². The first-order valence-corrected chi connectivity index (χ1v) is 10.1. The lowest BCUT2D eigenvalue weighted by Gasteiger charge is -2.11. The van der Waals surface area contributed by atoms with Crippen LogP contribution in [0.1, 0.15) is 11.1 Å². The Morgan fingerprint density at radius 3 is 2.64 bits per heavy atom. The fraction of sp³-hybridized carbons (Fsp3) is 0.0455. The lowest BCUT2D eigenvalue weighted by atomic mass is 10.2. The first kappa shape index (κ1) is 17.8. The van der Waals surface area contributed by atoms with Gasteiger partial charge in [0.15, 0.2) is 0 Å². The number of sulfonamides is 1. The quantitative estimate of drug-likeness (QED) is 0.544. The molecule has 4 rings (SSSR count). The molecule has 28 heavy (non-hydrogen) atoms. The molecule has 138 valence electrons. The summed E-state index contributed by atoms with van der Waals surface area (Å²) in [5.41, 5.74) is 2.64. The standard InChI is InChI=1S/C22H17N3O2S/c1-25-15-13-19-21(25)9-4-10-22(19)28(26,27)24-20-8-3-2-7-18(20)12-11-17-6-5-14-23-16-17/h2-10,13-16,24H,1H3. The third-order valence-electron chi connectivity index (χ3n) is 4.35. The van der Waals surface area contributed by atoms with Crippen molar-refractivity contribution in [3.05, 3.63) is 90.4 Å². The molecular weight excluding hydrogens is 370 g/mol.